The number of hydrogen-bond donors (Lipinski definition) is 2. The summed E-state index contributed by atoms with van der Waals surface area (Å²) < 4.78 is 43.3. The maximum atomic E-state index is 12.1. The number of amides is 1. The molecule has 3 heterocycles. The molecule has 1 amide bonds. The zero-order valence-electron chi connectivity index (χ0n) is 15.8. The van der Waals surface area contributed by atoms with Crippen LogP contribution in [0.25, 0.3) is 0 Å². The van der Waals surface area contributed by atoms with Crippen molar-refractivity contribution in [2.75, 3.05) is 26.7 Å². The van der Waals surface area contributed by atoms with Gasteiger partial charge in [-0.2, -0.15) is 13.2 Å². The number of likely N-dealkylation sites (tertiary alicyclic amines) is 1. The fourth-order valence-corrected chi connectivity index (χ4v) is 3.63. The first-order valence-electron chi connectivity index (χ1n) is 9.02. The van der Waals surface area contributed by atoms with E-state index in [1.165, 1.54) is 0 Å². The highest BCUT2D eigenvalue weighted by Gasteiger charge is 2.41. The average Bonchev–Trinajstić information content (AvgIpc) is 3.05. The lowest BCUT2D eigenvalue weighted by atomic mass is 9.79. The van der Waals surface area contributed by atoms with Gasteiger partial charge in [0.2, 0.25) is 5.91 Å². The molecule has 0 radical (unpaired) electrons. The van der Waals surface area contributed by atoms with Crippen LogP contribution in [0.5, 0.6) is 0 Å². The van der Waals surface area contributed by atoms with Crippen molar-refractivity contribution >= 4 is 11.9 Å². The first-order chi connectivity index (χ1) is 13.1. The Morgan fingerprint density at radius 2 is 2.00 bits per heavy atom. The largest absolute Gasteiger partial charge is 0.490 e. The van der Waals surface area contributed by atoms with Crippen LogP contribution in [-0.2, 0) is 20.9 Å². The molecule has 10 heteroatoms. The van der Waals surface area contributed by atoms with E-state index in [-0.39, 0.29) is 17.9 Å². The Morgan fingerprint density at radius 1 is 1.32 bits per heavy atom. The predicted molar refractivity (Wildman–Crippen MR) is 92.4 cm³/mol. The average molecular weight is 406 g/mol. The van der Waals surface area contributed by atoms with Crippen molar-refractivity contribution in [1.82, 2.24) is 10.2 Å². The van der Waals surface area contributed by atoms with Crippen LogP contribution in [-0.4, -0.2) is 60.9 Å². The summed E-state index contributed by atoms with van der Waals surface area (Å²) in [4.78, 5) is 23.4. The Hall–Kier alpha value is -2.07. The van der Waals surface area contributed by atoms with Crippen molar-refractivity contribution in [2.24, 2.45) is 11.8 Å². The second-order valence-corrected chi connectivity index (χ2v) is 6.92. The van der Waals surface area contributed by atoms with Crippen LogP contribution < -0.4 is 5.32 Å². The van der Waals surface area contributed by atoms with Crippen LogP contribution in [0.3, 0.4) is 0 Å². The molecule has 0 bridgehead atoms. The topological polar surface area (TPSA) is 92.0 Å². The van der Waals surface area contributed by atoms with Gasteiger partial charge in [-0.05, 0) is 31.9 Å². The molecule has 2 saturated heterocycles. The molecule has 2 aliphatic heterocycles. The van der Waals surface area contributed by atoms with Gasteiger partial charge < -0.3 is 19.6 Å². The van der Waals surface area contributed by atoms with Gasteiger partial charge in [0.25, 0.3) is 0 Å². The number of aliphatic carboxylic acids is 1. The van der Waals surface area contributed by atoms with Gasteiger partial charge in [-0.1, -0.05) is 0 Å². The summed E-state index contributed by atoms with van der Waals surface area (Å²) in [5.74, 6) is -0.279. The standard InChI is InChI=1S/C16H24N2O3.C2HF3O2/c1-11-3-4-12(21-11)9-18-7-5-15-14(10-18)13(6-8-20-15)16(19)17-2;3-2(4,5)1(6)7/h3-4,13-15H,5-10H2,1-2H3,(H,17,19);(H,6,7)/t13-,14+,15-;/m1./s1. The fourth-order valence-electron chi connectivity index (χ4n) is 3.63. The second-order valence-electron chi connectivity index (χ2n) is 6.92. The van der Waals surface area contributed by atoms with E-state index < -0.39 is 12.1 Å². The number of nitrogens with one attached hydrogen (secondary N) is 1. The molecule has 2 N–H and O–H groups in total. The van der Waals surface area contributed by atoms with Gasteiger partial charge >= 0.3 is 12.1 Å². The number of piperidine rings is 1. The van der Waals surface area contributed by atoms with Crippen molar-refractivity contribution in [3.05, 3.63) is 23.7 Å². The van der Waals surface area contributed by atoms with Crippen LogP contribution in [0.4, 0.5) is 13.2 Å². The van der Waals surface area contributed by atoms with Gasteiger partial charge in [-0.25, -0.2) is 4.79 Å². The molecule has 0 unspecified atom stereocenters. The van der Waals surface area contributed by atoms with Gasteiger partial charge in [-0.15, -0.1) is 0 Å². The van der Waals surface area contributed by atoms with Crippen LogP contribution in [0.15, 0.2) is 16.5 Å². The first-order valence-corrected chi connectivity index (χ1v) is 9.02. The number of nitrogens with zero attached hydrogens (tertiary/aromatic N) is 1. The SMILES string of the molecule is CNC(=O)[C@@H]1CCO[C@@H]2CCN(Cc3ccc(C)o3)C[C@H]21.O=C(O)C(F)(F)F. The smallest absolute Gasteiger partial charge is 0.475 e. The zero-order chi connectivity index (χ0) is 20.9. The predicted octanol–water partition coefficient (Wildman–Crippen LogP) is 2.19. The lowest BCUT2D eigenvalue weighted by molar-refractivity contribution is -0.192. The minimum atomic E-state index is -5.08. The molecular weight excluding hydrogens is 381 g/mol. The lowest BCUT2D eigenvalue weighted by Crippen LogP contribution is -2.52. The number of carboxylic acids is 1. The molecule has 0 spiro atoms. The first kappa shape index (κ1) is 22.2. The summed E-state index contributed by atoms with van der Waals surface area (Å²) in [7, 11) is 1.72. The molecule has 1 aromatic rings. The third-order valence-corrected chi connectivity index (χ3v) is 4.96. The number of carboxylic acid groups (broad SMARTS) is 1. The molecule has 1 aromatic heterocycles. The Morgan fingerprint density at radius 3 is 2.54 bits per heavy atom. The molecule has 2 aliphatic rings. The quantitative estimate of drug-likeness (QED) is 0.800. The molecule has 2 fully saturated rings. The van der Waals surface area contributed by atoms with Crippen LogP contribution >= 0.6 is 0 Å². The van der Waals surface area contributed by atoms with E-state index in [2.05, 4.69) is 10.2 Å². The van der Waals surface area contributed by atoms with Crippen molar-refractivity contribution in [1.29, 1.82) is 0 Å². The molecule has 0 aliphatic carbocycles. The van der Waals surface area contributed by atoms with Gasteiger partial charge in [0.15, 0.2) is 0 Å². The highest BCUT2D eigenvalue weighted by molar-refractivity contribution is 5.78. The third kappa shape index (κ3) is 5.96. The van der Waals surface area contributed by atoms with Crippen LogP contribution in [0.2, 0.25) is 0 Å². The van der Waals surface area contributed by atoms with Crippen molar-refractivity contribution in [3.63, 3.8) is 0 Å². The highest BCUT2D eigenvalue weighted by atomic mass is 19.4. The van der Waals surface area contributed by atoms with E-state index in [1.54, 1.807) is 7.05 Å². The summed E-state index contributed by atoms with van der Waals surface area (Å²) in [5, 5.41) is 9.93. The normalized spacial score (nSPS) is 25.2. The summed E-state index contributed by atoms with van der Waals surface area (Å²) >= 11 is 0. The molecule has 7 nitrogen and oxygen atoms in total. The van der Waals surface area contributed by atoms with Gasteiger partial charge in [0.05, 0.1) is 12.6 Å². The van der Waals surface area contributed by atoms with Crippen molar-refractivity contribution in [3.8, 4) is 0 Å². The number of hydrogen-bond acceptors (Lipinski definition) is 5. The summed E-state index contributed by atoms with van der Waals surface area (Å²) in [6, 6.07) is 4.04. The molecule has 158 valence electrons. The number of carbonyl (C=O) groups is 2. The third-order valence-electron chi connectivity index (χ3n) is 4.96. The van der Waals surface area contributed by atoms with Gasteiger partial charge in [0.1, 0.15) is 11.5 Å². The number of alkyl halides is 3. The molecular formula is C18H25F3N2O5. The van der Waals surface area contributed by atoms with E-state index >= 15 is 0 Å². The maximum absolute atomic E-state index is 12.1. The summed E-state index contributed by atoms with van der Waals surface area (Å²) in [5.41, 5.74) is 0. The van der Waals surface area contributed by atoms with Crippen molar-refractivity contribution in [2.45, 2.75) is 38.6 Å². The summed E-state index contributed by atoms with van der Waals surface area (Å²) in [6.45, 7) is 5.39. The Bertz CT molecular complexity index is 676. The zero-order valence-corrected chi connectivity index (χ0v) is 15.8. The number of fused-ring (bicyclic) bond motifs is 1. The number of halogens is 3. The molecule has 0 aromatic carbocycles. The maximum Gasteiger partial charge on any atom is 0.490 e. The number of ether oxygens (including phenoxy) is 1. The Labute approximate surface area is 160 Å². The van der Waals surface area contributed by atoms with E-state index in [1.807, 2.05) is 19.1 Å². The van der Waals surface area contributed by atoms with E-state index in [0.29, 0.717) is 12.5 Å². The second kappa shape index (κ2) is 9.42. The molecule has 3 rings (SSSR count). The van der Waals surface area contributed by atoms with Gasteiger partial charge in [-0.3, -0.25) is 9.69 Å². The monoisotopic (exact) mass is 406 g/mol. The van der Waals surface area contributed by atoms with Crippen molar-refractivity contribution < 1.29 is 37.0 Å². The van der Waals surface area contributed by atoms with E-state index in [4.69, 9.17) is 19.1 Å². The number of furan rings is 1. The Kier molecular flexibility index (Phi) is 7.48. The lowest BCUT2D eigenvalue weighted by Gasteiger charge is -2.44. The molecule has 0 saturated carbocycles. The number of aryl methyl sites for hydroxylation is 1. The van der Waals surface area contributed by atoms with Crippen LogP contribution in [0, 0.1) is 18.8 Å². The van der Waals surface area contributed by atoms with E-state index in [9.17, 15) is 18.0 Å². The van der Waals surface area contributed by atoms with E-state index in [0.717, 1.165) is 44.0 Å². The minimum absolute atomic E-state index is 0.0786. The Balaban J connectivity index is 0.000000345. The van der Waals surface area contributed by atoms with Crippen LogP contribution in [0.1, 0.15) is 24.4 Å². The molecule has 28 heavy (non-hydrogen) atoms. The van der Waals surface area contributed by atoms with Gasteiger partial charge in [0, 0.05) is 38.6 Å². The minimum Gasteiger partial charge on any atom is -0.475 e. The summed E-state index contributed by atoms with van der Waals surface area (Å²) in [6.07, 6.45) is -3.03. The molecule has 3 atom stereocenters. The fraction of sp³-hybridized carbons (Fsp3) is 0.667. The number of rotatable bonds is 3. The number of carbonyl (C=O) groups excluding carboxylic acids is 1. The highest BCUT2D eigenvalue weighted by Crippen LogP contribution is 2.33.